The van der Waals surface area contributed by atoms with Crippen molar-refractivity contribution in [1.82, 2.24) is 25.0 Å². The van der Waals surface area contributed by atoms with Gasteiger partial charge in [0, 0.05) is 12.0 Å². The number of benzene rings is 1. The summed E-state index contributed by atoms with van der Waals surface area (Å²) < 4.78 is 26.9. The molecule has 3 aromatic rings. The molecule has 8 heteroatoms. The van der Waals surface area contributed by atoms with Gasteiger partial charge in [0.15, 0.2) is 17.0 Å². The van der Waals surface area contributed by atoms with E-state index in [1.165, 1.54) is 6.33 Å². The Kier molecular flexibility index (Phi) is 3.36. The van der Waals surface area contributed by atoms with E-state index >= 15 is 0 Å². The third kappa shape index (κ3) is 2.71. The number of nitrogens with zero attached hydrogens (tertiary/aromatic N) is 5. The van der Waals surface area contributed by atoms with E-state index in [2.05, 4.69) is 25.6 Å². The van der Waals surface area contributed by atoms with Crippen molar-refractivity contribution in [3.63, 3.8) is 0 Å². The lowest BCUT2D eigenvalue weighted by Gasteiger charge is -2.05. The predicted molar refractivity (Wildman–Crippen MR) is 80.2 cm³/mol. The minimum Gasteiger partial charge on any atom is -0.365 e. The van der Waals surface area contributed by atoms with Crippen LogP contribution in [0.2, 0.25) is 0 Å². The maximum absolute atomic E-state index is 12.6. The number of aromatic nitrogens is 5. The summed E-state index contributed by atoms with van der Waals surface area (Å²) in [5.74, 6) is -0.151. The number of hydrogen-bond acceptors (Lipinski definition) is 5. The third-order valence-corrected chi connectivity index (χ3v) is 3.96. The number of fused-ring (bicyclic) bond motifs is 1. The molecule has 1 aliphatic rings. The van der Waals surface area contributed by atoms with Crippen molar-refractivity contribution >= 4 is 17.0 Å². The highest BCUT2D eigenvalue weighted by molar-refractivity contribution is 5.82. The number of alkyl halides is 2. The number of hydrogen-bond donors (Lipinski definition) is 1. The summed E-state index contributed by atoms with van der Waals surface area (Å²) in [7, 11) is 0. The SMILES string of the molecule is FC(F)[C@@H]1C[C@H]1Nc1ncnc2c1nnn2Cc1ccccc1. The molecule has 0 aliphatic heterocycles. The average molecular weight is 316 g/mol. The van der Waals surface area contributed by atoms with Gasteiger partial charge in [-0.1, -0.05) is 35.5 Å². The highest BCUT2D eigenvalue weighted by Crippen LogP contribution is 2.38. The predicted octanol–water partition coefficient (Wildman–Crippen LogP) is 2.34. The van der Waals surface area contributed by atoms with Gasteiger partial charge in [0.05, 0.1) is 6.54 Å². The van der Waals surface area contributed by atoms with Crippen molar-refractivity contribution in [3.05, 3.63) is 42.2 Å². The Hall–Kier alpha value is -2.64. The van der Waals surface area contributed by atoms with Gasteiger partial charge in [-0.3, -0.25) is 0 Å². The second-order valence-corrected chi connectivity index (χ2v) is 5.61. The van der Waals surface area contributed by atoms with Gasteiger partial charge in [0.2, 0.25) is 6.43 Å². The van der Waals surface area contributed by atoms with Crippen LogP contribution in [0.5, 0.6) is 0 Å². The zero-order valence-electron chi connectivity index (χ0n) is 12.1. The smallest absolute Gasteiger partial charge is 0.243 e. The largest absolute Gasteiger partial charge is 0.365 e. The molecule has 0 unspecified atom stereocenters. The standard InChI is InChI=1S/C15H14F2N6/c16-13(17)10-6-11(10)20-14-12-15(19-8-18-14)23(22-21-12)7-9-4-2-1-3-5-9/h1-5,8,10-11,13H,6-7H2,(H,18,19,20)/t10-,11-/m1/s1. The number of anilines is 1. The molecule has 118 valence electrons. The van der Waals surface area contributed by atoms with Gasteiger partial charge in [-0.2, -0.15) is 0 Å². The molecular formula is C15H14F2N6. The molecule has 0 amide bonds. The maximum Gasteiger partial charge on any atom is 0.243 e. The summed E-state index contributed by atoms with van der Waals surface area (Å²) in [6.07, 6.45) is -0.463. The lowest BCUT2D eigenvalue weighted by Crippen LogP contribution is -2.10. The minimum atomic E-state index is -2.31. The Morgan fingerprint density at radius 2 is 2.04 bits per heavy atom. The number of halogens is 2. The van der Waals surface area contributed by atoms with Crippen molar-refractivity contribution in [2.24, 2.45) is 5.92 Å². The Bertz CT molecular complexity index is 819. The van der Waals surface area contributed by atoms with Crippen molar-refractivity contribution in [2.45, 2.75) is 25.4 Å². The fraction of sp³-hybridized carbons (Fsp3) is 0.333. The van der Waals surface area contributed by atoms with Gasteiger partial charge in [-0.05, 0) is 12.0 Å². The van der Waals surface area contributed by atoms with E-state index in [4.69, 9.17) is 0 Å². The van der Waals surface area contributed by atoms with Crippen LogP contribution in [0.4, 0.5) is 14.6 Å². The molecule has 1 N–H and O–H groups in total. The van der Waals surface area contributed by atoms with Crippen LogP contribution in [0.1, 0.15) is 12.0 Å². The maximum atomic E-state index is 12.6. The van der Waals surface area contributed by atoms with Gasteiger partial charge >= 0.3 is 0 Å². The highest BCUT2D eigenvalue weighted by Gasteiger charge is 2.44. The van der Waals surface area contributed by atoms with Gasteiger partial charge in [0.25, 0.3) is 0 Å². The molecule has 1 fully saturated rings. The van der Waals surface area contributed by atoms with E-state index in [-0.39, 0.29) is 6.04 Å². The van der Waals surface area contributed by atoms with E-state index < -0.39 is 12.3 Å². The fourth-order valence-electron chi connectivity index (χ4n) is 2.59. The van der Waals surface area contributed by atoms with Crippen molar-refractivity contribution in [3.8, 4) is 0 Å². The number of rotatable bonds is 5. The summed E-state index contributed by atoms with van der Waals surface area (Å²) in [4.78, 5) is 8.34. The second-order valence-electron chi connectivity index (χ2n) is 5.61. The summed E-state index contributed by atoms with van der Waals surface area (Å²) >= 11 is 0. The molecule has 1 aliphatic carbocycles. The molecule has 23 heavy (non-hydrogen) atoms. The molecule has 1 aromatic carbocycles. The van der Waals surface area contributed by atoms with Gasteiger partial charge in [-0.25, -0.2) is 23.4 Å². The third-order valence-electron chi connectivity index (χ3n) is 3.96. The zero-order chi connectivity index (χ0) is 15.8. The topological polar surface area (TPSA) is 68.5 Å². The average Bonchev–Trinajstić information content (AvgIpc) is 3.22. The molecule has 2 aromatic heterocycles. The van der Waals surface area contributed by atoms with Crippen molar-refractivity contribution < 1.29 is 8.78 Å². The normalized spacial score (nSPS) is 20.1. The summed E-state index contributed by atoms with van der Waals surface area (Å²) in [5, 5.41) is 11.2. The molecule has 2 atom stereocenters. The van der Waals surface area contributed by atoms with Crippen LogP contribution in [0, 0.1) is 5.92 Å². The summed E-state index contributed by atoms with van der Waals surface area (Å²) in [6.45, 7) is 0.539. The first-order valence-corrected chi connectivity index (χ1v) is 7.35. The fourth-order valence-corrected chi connectivity index (χ4v) is 2.59. The molecular weight excluding hydrogens is 302 g/mol. The van der Waals surface area contributed by atoms with E-state index in [1.807, 2.05) is 30.3 Å². The Morgan fingerprint density at radius 3 is 2.78 bits per heavy atom. The van der Waals surface area contributed by atoms with Crippen LogP contribution >= 0.6 is 0 Å². The Morgan fingerprint density at radius 1 is 1.22 bits per heavy atom. The van der Waals surface area contributed by atoms with Crippen LogP contribution in [0.3, 0.4) is 0 Å². The van der Waals surface area contributed by atoms with Crippen LogP contribution in [-0.2, 0) is 6.54 Å². The van der Waals surface area contributed by atoms with Gasteiger partial charge < -0.3 is 5.32 Å². The molecule has 0 spiro atoms. The van der Waals surface area contributed by atoms with Crippen LogP contribution in [-0.4, -0.2) is 37.4 Å². The van der Waals surface area contributed by atoms with Crippen molar-refractivity contribution in [1.29, 1.82) is 0 Å². The monoisotopic (exact) mass is 316 g/mol. The summed E-state index contributed by atoms with van der Waals surface area (Å²) in [5.41, 5.74) is 2.16. The van der Waals surface area contributed by atoms with E-state index in [9.17, 15) is 8.78 Å². The van der Waals surface area contributed by atoms with Crippen LogP contribution < -0.4 is 5.32 Å². The first-order valence-electron chi connectivity index (χ1n) is 7.35. The van der Waals surface area contributed by atoms with Gasteiger partial charge in [0.1, 0.15) is 6.33 Å². The Balaban J connectivity index is 1.59. The number of nitrogens with one attached hydrogen (secondary N) is 1. The van der Waals surface area contributed by atoms with E-state index in [1.54, 1.807) is 4.68 Å². The molecule has 0 radical (unpaired) electrons. The van der Waals surface area contributed by atoms with E-state index in [0.717, 1.165) is 5.56 Å². The molecule has 0 saturated heterocycles. The summed E-state index contributed by atoms with van der Waals surface area (Å²) in [6, 6.07) is 9.58. The molecule has 1 saturated carbocycles. The second kappa shape index (κ2) is 5.53. The first-order chi connectivity index (χ1) is 11.2. The van der Waals surface area contributed by atoms with Gasteiger partial charge in [-0.15, -0.1) is 5.10 Å². The Labute approximate surface area is 130 Å². The quantitative estimate of drug-likeness (QED) is 0.782. The minimum absolute atomic E-state index is 0.257. The van der Waals surface area contributed by atoms with Crippen LogP contribution in [0.15, 0.2) is 36.7 Å². The lowest BCUT2D eigenvalue weighted by molar-refractivity contribution is 0.121. The molecule has 6 nitrogen and oxygen atoms in total. The van der Waals surface area contributed by atoms with E-state index in [0.29, 0.717) is 29.9 Å². The lowest BCUT2D eigenvalue weighted by atomic mass is 10.2. The highest BCUT2D eigenvalue weighted by atomic mass is 19.3. The van der Waals surface area contributed by atoms with Crippen LogP contribution in [0.25, 0.3) is 11.2 Å². The molecule has 2 heterocycles. The first kappa shape index (κ1) is 14.0. The van der Waals surface area contributed by atoms with Crippen molar-refractivity contribution in [2.75, 3.05) is 5.32 Å². The zero-order valence-corrected chi connectivity index (χ0v) is 12.1. The molecule has 0 bridgehead atoms. The molecule has 4 rings (SSSR count).